The van der Waals surface area contributed by atoms with E-state index in [-0.39, 0.29) is 12.7 Å². The average molecular weight is 325 g/mol. The molecule has 0 aliphatic carbocycles. The second-order valence-electron chi connectivity index (χ2n) is 7.14. The van der Waals surface area contributed by atoms with E-state index in [1.807, 2.05) is 51.1 Å². The van der Waals surface area contributed by atoms with Gasteiger partial charge in [-0.05, 0) is 54.7 Å². The summed E-state index contributed by atoms with van der Waals surface area (Å²) in [6, 6.07) is 14.0. The third-order valence-electron chi connectivity index (χ3n) is 4.06. The molecule has 2 aromatic rings. The molecule has 4 heteroatoms. The number of rotatable bonds is 2. The highest BCUT2D eigenvalue weighted by Gasteiger charge is 2.29. The summed E-state index contributed by atoms with van der Waals surface area (Å²) in [7, 11) is 0. The van der Waals surface area contributed by atoms with Crippen LogP contribution in [-0.4, -0.2) is 21.7 Å². The van der Waals surface area contributed by atoms with E-state index in [4.69, 9.17) is 4.74 Å². The van der Waals surface area contributed by atoms with Crippen molar-refractivity contribution in [2.75, 3.05) is 0 Å². The van der Waals surface area contributed by atoms with Gasteiger partial charge in [0.1, 0.15) is 5.60 Å². The minimum absolute atomic E-state index is 0.0207. The largest absolute Gasteiger partial charge is 0.444 e. The number of benzene rings is 2. The second kappa shape index (κ2) is 6.29. The summed E-state index contributed by atoms with van der Waals surface area (Å²) in [5.41, 5.74) is 4.85. The maximum absolute atomic E-state index is 12.3. The number of hydrogen-bond acceptors (Lipinski definition) is 3. The van der Waals surface area contributed by atoms with Gasteiger partial charge in [0.15, 0.2) is 0 Å². The number of hydrogen-bond donors (Lipinski definition) is 1. The van der Waals surface area contributed by atoms with E-state index in [0.717, 1.165) is 27.8 Å². The molecule has 1 amide bonds. The van der Waals surface area contributed by atoms with Crippen LogP contribution in [0.4, 0.5) is 4.79 Å². The van der Waals surface area contributed by atoms with Gasteiger partial charge in [-0.1, -0.05) is 36.4 Å². The molecule has 1 aliphatic rings. The van der Waals surface area contributed by atoms with E-state index in [1.54, 1.807) is 4.90 Å². The summed E-state index contributed by atoms with van der Waals surface area (Å²) in [4.78, 5) is 14.1. The number of nitrogens with zero attached hydrogens (tertiary/aromatic N) is 1. The first kappa shape index (κ1) is 16.5. The standard InChI is InChI=1S/C20H23NO3/c1-20(2,3)24-19(23)21-11-16-8-5-9-17(18(16)12-21)15-7-4-6-14(10-15)13-22/h4-10,22H,11-13H2,1-3H3. The van der Waals surface area contributed by atoms with Gasteiger partial charge in [-0.15, -0.1) is 0 Å². The molecule has 4 nitrogen and oxygen atoms in total. The van der Waals surface area contributed by atoms with Crippen LogP contribution in [0.5, 0.6) is 0 Å². The first-order valence-electron chi connectivity index (χ1n) is 8.16. The van der Waals surface area contributed by atoms with Crippen molar-refractivity contribution < 1.29 is 14.6 Å². The minimum Gasteiger partial charge on any atom is -0.444 e. The lowest BCUT2D eigenvalue weighted by molar-refractivity contribution is 0.0242. The third kappa shape index (κ3) is 3.44. The summed E-state index contributed by atoms with van der Waals surface area (Å²) in [5.74, 6) is 0. The fraction of sp³-hybridized carbons (Fsp3) is 0.350. The molecule has 3 rings (SSSR count). The Bertz CT molecular complexity index is 762. The van der Waals surface area contributed by atoms with Crippen LogP contribution in [0.15, 0.2) is 42.5 Å². The van der Waals surface area contributed by atoms with Gasteiger partial charge in [-0.25, -0.2) is 4.79 Å². The molecule has 0 bridgehead atoms. The fourth-order valence-corrected chi connectivity index (χ4v) is 2.99. The van der Waals surface area contributed by atoms with Crippen molar-refractivity contribution in [2.24, 2.45) is 0 Å². The van der Waals surface area contributed by atoms with Gasteiger partial charge in [0.25, 0.3) is 0 Å². The van der Waals surface area contributed by atoms with E-state index in [2.05, 4.69) is 12.1 Å². The van der Waals surface area contributed by atoms with E-state index in [1.165, 1.54) is 0 Å². The number of carbonyl (C=O) groups is 1. The van der Waals surface area contributed by atoms with Crippen molar-refractivity contribution >= 4 is 6.09 Å². The van der Waals surface area contributed by atoms with Crippen LogP contribution in [0.1, 0.15) is 37.5 Å². The molecule has 0 radical (unpaired) electrons. The van der Waals surface area contributed by atoms with Crippen molar-refractivity contribution in [3.05, 3.63) is 59.2 Å². The van der Waals surface area contributed by atoms with Crippen LogP contribution < -0.4 is 0 Å². The number of aliphatic hydroxyl groups excluding tert-OH is 1. The zero-order valence-electron chi connectivity index (χ0n) is 14.4. The maximum Gasteiger partial charge on any atom is 0.410 e. The van der Waals surface area contributed by atoms with Gasteiger partial charge in [0.2, 0.25) is 0 Å². The topological polar surface area (TPSA) is 49.8 Å². The Morgan fingerprint density at radius 3 is 2.62 bits per heavy atom. The van der Waals surface area contributed by atoms with E-state index in [9.17, 15) is 9.90 Å². The summed E-state index contributed by atoms with van der Waals surface area (Å²) in [6.45, 7) is 6.76. The van der Waals surface area contributed by atoms with Crippen molar-refractivity contribution in [3.63, 3.8) is 0 Å². The van der Waals surface area contributed by atoms with Gasteiger partial charge in [-0.2, -0.15) is 0 Å². The molecular weight excluding hydrogens is 302 g/mol. The van der Waals surface area contributed by atoms with Crippen LogP contribution in [0.3, 0.4) is 0 Å². The van der Waals surface area contributed by atoms with Gasteiger partial charge >= 0.3 is 6.09 Å². The number of amides is 1. The summed E-state index contributed by atoms with van der Waals surface area (Å²) in [6.07, 6.45) is -0.284. The average Bonchev–Trinajstić information content (AvgIpc) is 2.97. The molecule has 1 aliphatic heterocycles. The van der Waals surface area contributed by atoms with Crippen LogP contribution in [-0.2, 0) is 24.4 Å². The summed E-state index contributed by atoms with van der Waals surface area (Å²) in [5, 5.41) is 9.36. The minimum atomic E-state index is -0.496. The zero-order valence-corrected chi connectivity index (χ0v) is 14.4. The normalized spacial score (nSPS) is 13.8. The molecule has 0 spiro atoms. The number of carbonyl (C=O) groups excluding carboxylic acids is 1. The van der Waals surface area contributed by atoms with E-state index in [0.29, 0.717) is 13.1 Å². The van der Waals surface area contributed by atoms with Gasteiger partial charge < -0.3 is 9.84 Å². The lowest BCUT2D eigenvalue weighted by atomic mass is 9.96. The number of aliphatic hydroxyl groups is 1. The molecule has 0 saturated heterocycles. The van der Waals surface area contributed by atoms with Gasteiger partial charge in [0.05, 0.1) is 13.2 Å². The van der Waals surface area contributed by atoms with Crippen molar-refractivity contribution in [2.45, 2.75) is 46.1 Å². The van der Waals surface area contributed by atoms with Crippen molar-refractivity contribution in [1.82, 2.24) is 4.90 Å². The highest BCUT2D eigenvalue weighted by Crippen LogP contribution is 2.33. The summed E-state index contributed by atoms with van der Waals surface area (Å²) < 4.78 is 5.49. The molecule has 0 saturated carbocycles. The molecule has 0 fully saturated rings. The zero-order chi connectivity index (χ0) is 17.3. The Morgan fingerprint density at radius 1 is 1.17 bits per heavy atom. The molecule has 1 heterocycles. The van der Waals surface area contributed by atoms with E-state index < -0.39 is 5.60 Å². The smallest absolute Gasteiger partial charge is 0.410 e. The first-order valence-corrected chi connectivity index (χ1v) is 8.16. The van der Waals surface area contributed by atoms with E-state index >= 15 is 0 Å². The van der Waals surface area contributed by atoms with Gasteiger partial charge in [-0.3, -0.25) is 4.90 Å². The lowest BCUT2D eigenvalue weighted by Gasteiger charge is -2.24. The molecule has 1 N–H and O–H groups in total. The number of fused-ring (bicyclic) bond motifs is 1. The molecule has 0 atom stereocenters. The Hall–Kier alpha value is -2.33. The quantitative estimate of drug-likeness (QED) is 0.904. The molecule has 126 valence electrons. The van der Waals surface area contributed by atoms with Crippen molar-refractivity contribution in [3.8, 4) is 11.1 Å². The second-order valence-corrected chi connectivity index (χ2v) is 7.14. The Morgan fingerprint density at radius 2 is 1.92 bits per heavy atom. The van der Waals surface area contributed by atoms with Gasteiger partial charge in [0, 0.05) is 6.54 Å². The predicted octanol–water partition coefficient (Wildman–Crippen LogP) is 4.10. The van der Waals surface area contributed by atoms with Crippen LogP contribution in [0.2, 0.25) is 0 Å². The van der Waals surface area contributed by atoms with Crippen molar-refractivity contribution in [1.29, 1.82) is 0 Å². The monoisotopic (exact) mass is 325 g/mol. The fourth-order valence-electron chi connectivity index (χ4n) is 2.99. The molecule has 0 aromatic heterocycles. The molecule has 24 heavy (non-hydrogen) atoms. The Labute approximate surface area is 142 Å². The molecular formula is C20H23NO3. The highest BCUT2D eigenvalue weighted by molar-refractivity contribution is 5.74. The molecule has 2 aromatic carbocycles. The third-order valence-corrected chi connectivity index (χ3v) is 4.06. The predicted molar refractivity (Wildman–Crippen MR) is 93.3 cm³/mol. The number of ether oxygens (including phenoxy) is 1. The maximum atomic E-state index is 12.3. The Kier molecular flexibility index (Phi) is 4.33. The molecule has 0 unspecified atom stereocenters. The highest BCUT2D eigenvalue weighted by atomic mass is 16.6. The summed E-state index contributed by atoms with van der Waals surface area (Å²) >= 11 is 0. The Balaban J connectivity index is 1.89. The lowest BCUT2D eigenvalue weighted by Crippen LogP contribution is -2.33. The SMILES string of the molecule is CC(C)(C)OC(=O)N1Cc2cccc(-c3cccc(CO)c3)c2C1. The van der Waals surface area contributed by atoms with Crippen LogP contribution >= 0.6 is 0 Å². The van der Waals surface area contributed by atoms with Crippen LogP contribution in [0, 0.1) is 0 Å². The first-order chi connectivity index (χ1) is 11.4. The van der Waals surface area contributed by atoms with Crippen LogP contribution in [0.25, 0.3) is 11.1 Å².